The molecule has 3 N–H and O–H groups in total. The number of nitrogen functional groups attached to an aromatic ring is 1. The number of methoxy groups -OCH3 is 1. The van der Waals surface area contributed by atoms with Gasteiger partial charge < -0.3 is 25.3 Å². The van der Waals surface area contributed by atoms with Gasteiger partial charge in [-0.15, -0.1) is 12.4 Å². The minimum Gasteiger partial charge on any atom is -0.495 e. The van der Waals surface area contributed by atoms with Gasteiger partial charge in [-0.1, -0.05) is 0 Å². The van der Waals surface area contributed by atoms with Crippen molar-refractivity contribution in [3.05, 3.63) is 42.5 Å². The lowest BCUT2D eigenvalue weighted by Crippen LogP contribution is -2.13. The average molecular weight is 381 g/mol. The SMILES string of the molecule is CCOc1ccc(OCCCC(=O)Nc2ccc(OC)c(N)c2)cc1.Cl. The maximum atomic E-state index is 12.0. The van der Waals surface area contributed by atoms with Crippen molar-refractivity contribution in [2.75, 3.05) is 31.4 Å². The molecule has 0 aliphatic heterocycles. The summed E-state index contributed by atoms with van der Waals surface area (Å²) in [6.45, 7) is 3.04. The highest BCUT2D eigenvalue weighted by Crippen LogP contribution is 2.24. The van der Waals surface area contributed by atoms with Crippen molar-refractivity contribution in [1.29, 1.82) is 0 Å². The van der Waals surface area contributed by atoms with Crippen molar-refractivity contribution in [3.8, 4) is 17.2 Å². The zero-order chi connectivity index (χ0) is 18.1. The molecule has 2 aromatic carbocycles. The van der Waals surface area contributed by atoms with E-state index >= 15 is 0 Å². The summed E-state index contributed by atoms with van der Waals surface area (Å²) in [5, 5.41) is 2.81. The first-order valence-corrected chi connectivity index (χ1v) is 8.21. The van der Waals surface area contributed by atoms with Gasteiger partial charge in [-0.2, -0.15) is 0 Å². The van der Waals surface area contributed by atoms with Gasteiger partial charge >= 0.3 is 0 Å². The van der Waals surface area contributed by atoms with E-state index in [1.165, 1.54) is 0 Å². The van der Waals surface area contributed by atoms with Gasteiger partial charge in [0, 0.05) is 12.1 Å². The molecule has 0 fully saturated rings. The first-order chi connectivity index (χ1) is 12.1. The largest absolute Gasteiger partial charge is 0.495 e. The third kappa shape index (κ3) is 6.72. The fourth-order valence-electron chi connectivity index (χ4n) is 2.26. The number of nitrogens with one attached hydrogen (secondary N) is 1. The fourth-order valence-corrected chi connectivity index (χ4v) is 2.26. The number of nitrogens with two attached hydrogens (primary N) is 1. The summed E-state index contributed by atoms with van der Waals surface area (Å²) >= 11 is 0. The molecule has 26 heavy (non-hydrogen) atoms. The molecule has 2 rings (SSSR count). The Labute approximate surface area is 160 Å². The topological polar surface area (TPSA) is 82.8 Å². The van der Waals surface area contributed by atoms with E-state index in [0.29, 0.717) is 43.2 Å². The normalized spacial score (nSPS) is 9.77. The number of anilines is 2. The summed E-state index contributed by atoms with van der Waals surface area (Å²) in [4.78, 5) is 12.0. The molecule has 0 aliphatic rings. The highest BCUT2D eigenvalue weighted by atomic mass is 35.5. The van der Waals surface area contributed by atoms with Gasteiger partial charge in [0.2, 0.25) is 5.91 Å². The van der Waals surface area contributed by atoms with Gasteiger partial charge in [0.15, 0.2) is 0 Å². The molecule has 0 aliphatic carbocycles. The number of carbonyl (C=O) groups is 1. The standard InChI is InChI=1S/C19H24N2O4.ClH/c1-3-24-15-7-9-16(10-8-15)25-12-4-5-19(22)21-14-6-11-18(23-2)17(20)13-14;/h6-11,13H,3-5,12,20H2,1-2H3,(H,21,22);1H. The maximum Gasteiger partial charge on any atom is 0.224 e. The Hall–Kier alpha value is -2.60. The van der Waals surface area contributed by atoms with E-state index in [4.69, 9.17) is 19.9 Å². The molecule has 0 spiro atoms. The van der Waals surface area contributed by atoms with E-state index in [9.17, 15) is 4.79 Å². The second-order valence-electron chi connectivity index (χ2n) is 5.36. The molecule has 0 heterocycles. The molecule has 0 bridgehead atoms. The number of hydrogen-bond donors (Lipinski definition) is 2. The van der Waals surface area contributed by atoms with Crippen LogP contribution in [-0.4, -0.2) is 26.2 Å². The number of hydrogen-bond acceptors (Lipinski definition) is 5. The smallest absolute Gasteiger partial charge is 0.224 e. The number of carbonyl (C=O) groups excluding carboxylic acids is 1. The molecule has 2 aromatic rings. The molecule has 0 saturated heterocycles. The summed E-state index contributed by atoms with van der Waals surface area (Å²) < 4.78 is 16.1. The van der Waals surface area contributed by atoms with Gasteiger partial charge in [0.25, 0.3) is 0 Å². The third-order valence-corrected chi connectivity index (χ3v) is 3.47. The van der Waals surface area contributed by atoms with Gasteiger partial charge in [-0.25, -0.2) is 0 Å². The van der Waals surface area contributed by atoms with Crippen molar-refractivity contribution >= 4 is 29.7 Å². The number of ether oxygens (including phenoxy) is 3. The van der Waals surface area contributed by atoms with Crippen LogP contribution in [-0.2, 0) is 4.79 Å². The van der Waals surface area contributed by atoms with E-state index in [1.807, 2.05) is 31.2 Å². The Bertz CT molecular complexity index is 692. The molecule has 6 nitrogen and oxygen atoms in total. The molecule has 0 saturated carbocycles. The van der Waals surface area contributed by atoms with Crippen LogP contribution in [0, 0.1) is 0 Å². The second-order valence-corrected chi connectivity index (χ2v) is 5.36. The minimum atomic E-state index is -0.0835. The first-order valence-electron chi connectivity index (χ1n) is 8.21. The highest BCUT2D eigenvalue weighted by molar-refractivity contribution is 5.91. The number of rotatable bonds is 9. The van der Waals surface area contributed by atoms with Crippen LogP contribution in [0.1, 0.15) is 19.8 Å². The van der Waals surface area contributed by atoms with Gasteiger partial charge in [0.1, 0.15) is 17.2 Å². The Morgan fingerprint density at radius 2 is 1.73 bits per heavy atom. The number of benzene rings is 2. The Morgan fingerprint density at radius 1 is 1.08 bits per heavy atom. The third-order valence-electron chi connectivity index (χ3n) is 3.47. The van der Waals surface area contributed by atoms with E-state index in [-0.39, 0.29) is 18.3 Å². The zero-order valence-electron chi connectivity index (χ0n) is 15.0. The Balaban J connectivity index is 0.00000338. The van der Waals surface area contributed by atoms with Gasteiger partial charge in [-0.3, -0.25) is 4.79 Å². The van der Waals surface area contributed by atoms with E-state index < -0.39 is 0 Å². The molecule has 1 amide bonds. The van der Waals surface area contributed by atoms with Gasteiger partial charge in [-0.05, 0) is 55.8 Å². The molecule has 142 valence electrons. The lowest BCUT2D eigenvalue weighted by molar-refractivity contribution is -0.116. The Kier molecular flexibility index (Phi) is 9.15. The van der Waals surface area contributed by atoms with E-state index in [0.717, 1.165) is 11.5 Å². The van der Waals surface area contributed by atoms with Crippen LogP contribution in [0.5, 0.6) is 17.2 Å². The first kappa shape index (κ1) is 21.4. The molecule has 0 radical (unpaired) electrons. The van der Waals surface area contributed by atoms with Gasteiger partial charge in [0.05, 0.1) is 26.0 Å². The average Bonchev–Trinajstić information content (AvgIpc) is 2.60. The lowest BCUT2D eigenvalue weighted by atomic mass is 10.2. The van der Waals surface area contributed by atoms with Crippen LogP contribution < -0.4 is 25.3 Å². The quantitative estimate of drug-likeness (QED) is 0.509. The minimum absolute atomic E-state index is 0. The highest BCUT2D eigenvalue weighted by Gasteiger charge is 2.05. The summed E-state index contributed by atoms with van der Waals surface area (Å²) in [5.74, 6) is 2.07. The van der Waals surface area contributed by atoms with Crippen LogP contribution >= 0.6 is 12.4 Å². The molecule has 0 aromatic heterocycles. The molecular formula is C19H25ClN2O4. The molecule has 0 atom stereocenters. The summed E-state index contributed by atoms with van der Waals surface area (Å²) in [6.07, 6.45) is 0.980. The van der Waals surface area contributed by atoms with Crippen molar-refractivity contribution in [2.24, 2.45) is 0 Å². The van der Waals surface area contributed by atoms with E-state index in [2.05, 4.69) is 5.32 Å². The monoisotopic (exact) mass is 380 g/mol. The van der Waals surface area contributed by atoms with Crippen LogP contribution in [0.25, 0.3) is 0 Å². The van der Waals surface area contributed by atoms with Crippen LogP contribution in [0.2, 0.25) is 0 Å². The van der Waals surface area contributed by atoms with Crippen molar-refractivity contribution < 1.29 is 19.0 Å². The maximum absolute atomic E-state index is 12.0. The van der Waals surface area contributed by atoms with Crippen LogP contribution in [0.4, 0.5) is 11.4 Å². The van der Waals surface area contributed by atoms with Crippen LogP contribution in [0.15, 0.2) is 42.5 Å². The molecular weight excluding hydrogens is 356 g/mol. The molecule has 7 heteroatoms. The van der Waals surface area contributed by atoms with Crippen LogP contribution in [0.3, 0.4) is 0 Å². The summed E-state index contributed by atoms with van der Waals surface area (Å²) in [7, 11) is 1.55. The zero-order valence-corrected chi connectivity index (χ0v) is 15.8. The summed E-state index contributed by atoms with van der Waals surface area (Å²) in [6, 6.07) is 12.6. The van der Waals surface area contributed by atoms with Crippen molar-refractivity contribution in [2.45, 2.75) is 19.8 Å². The van der Waals surface area contributed by atoms with E-state index in [1.54, 1.807) is 25.3 Å². The number of amides is 1. The Morgan fingerprint density at radius 3 is 2.31 bits per heavy atom. The molecule has 0 unspecified atom stereocenters. The predicted octanol–water partition coefficient (Wildman–Crippen LogP) is 3.90. The predicted molar refractivity (Wildman–Crippen MR) is 106 cm³/mol. The second kappa shape index (κ2) is 11.1. The lowest BCUT2D eigenvalue weighted by Gasteiger charge is -2.10. The van der Waals surface area contributed by atoms with Crippen molar-refractivity contribution in [1.82, 2.24) is 0 Å². The van der Waals surface area contributed by atoms with Crippen molar-refractivity contribution in [3.63, 3.8) is 0 Å². The summed E-state index contributed by atoms with van der Waals surface area (Å²) in [5.41, 5.74) is 6.95. The number of halogens is 1. The fraction of sp³-hybridized carbons (Fsp3) is 0.316.